The Morgan fingerprint density at radius 1 is 0.974 bits per heavy atom. The van der Waals surface area contributed by atoms with Crippen LogP contribution < -0.4 is 0 Å². The Bertz CT molecular complexity index is 1640. The number of carbonyl (C=O) groups is 1. The molecule has 10 nitrogen and oxygen atoms in total. The second kappa shape index (κ2) is 9.37. The van der Waals surface area contributed by atoms with Crippen LogP contribution in [-0.4, -0.2) is 64.2 Å². The van der Waals surface area contributed by atoms with Gasteiger partial charge in [-0.1, -0.05) is 24.3 Å². The van der Waals surface area contributed by atoms with E-state index in [9.17, 15) is 4.79 Å². The van der Waals surface area contributed by atoms with E-state index in [0.717, 1.165) is 63.4 Å². The average Bonchev–Trinajstić information content (AvgIpc) is 3.62. The van der Waals surface area contributed by atoms with Gasteiger partial charge in [-0.05, 0) is 30.0 Å². The van der Waals surface area contributed by atoms with Crippen LogP contribution in [0.2, 0.25) is 0 Å². The number of hydrogen-bond donors (Lipinski definition) is 0. The van der Waals surface area contributed by atoms with Gasteiger partial charge in [0.05, 0.1) is 35.4 Å². The van der Waals surface area contributed by atoms with Crippen molar-refractivity contribution in [3.8, 4) is 33.6 Å². The summed E-state index contributed by atoms with van der Waals surface area (Å²) in [6, 6.07) is 10.4. The molecule has 0 saturated carbocycles. The average molecular weight is 508 g/mol. The molecule has 38 heavy (non-hydrogen) atoms. The van der Waals surface area contributed by atoms with E-state index in [-0.39, 0.29) is 12.5 Å². The first-order valence-electron chi connectivity index (χ1n) is 12.6. The molecule has 0 atom stereocenters. The van der Waals surface area contributed by atoms with E-state index in [1.807, 2.05) is 54.3 Å². The molecule has 0 radical (unpaired) electrons. The van der Waals surface area contributed by atoms with E-state index < -0.39 is 0 Å². The smallest absolute Gasteiger partial charge is 0.243 e. The van der Waals surface area contributed by atoms with Gasteiger partial charge in [0.2, 0.25) is 5.91 Å². The fourth-order valence-electron chi connectivity index (χ4n) is 4.93. The topological polar surface area (TPSA) is 99.5 Å². The molecule has 10 heteroatoms. The van der Waals surface area contributed by atoms with Gasteiger partial charge in [0.1, 0.15) is 12.4 Å². The number of carbonyl (C=O) groups excluding carboxylic acids is 1. The van der Waals surface area contributed by atoms with Gasteiger partial charge >= 0.3 is 0 Å². The summed E-state index contributed by atoms with van der Waals surface area (Å²) in [5, 5.41) is 13.7. The third kappa shape index (κ3) is 4.38. The van der Waals surface area contributed by atoms with Crippen LogP contribution in [0, 0.1) is 0 Å². The van der Waals surface area contributed by atoms with Gasteiger partial charge in [-0.2, -0.15) is 15.3 Å². The molecule has 0 N–H and O–H groups in total. The predicted molar refractivity (Wildman–Crippen MR) is 143 cm³/mol. The van der Waals surface area contributed by atoms with Crippen molar-refractivity contribution in [1.82, 2.24) is 44.2 Å². The molecule has 0 spiro atoms. The summed E-state index contributed by atoms with van der Waals surface area (Å²) in [5.41, 5.74) is 9.38. The normalized spacial score (nSPS) is 12.3. The van der Waals surface area contributed by atoms with Crippen LogP contribution in [0.15, 0.2) is 55.1 Å². The molecule has 0 bridgehead atoms. The van der Waals surface area contributed by atoms with E-state index >= 15 is 0 Å². The number of benzene rings is 1. The number of rotatable bonds is 6. The Morgan fingerprint density at radius 2 is 1.76 bits per heavy atom. The Balaban J connectivity index is 1.32. The van der Waals surface area contributed by atoms with E-state index in [4.69, 9.17) is 10.1 Å². The van der Waals surface area contributed by atoms with Crippen LogP contribution >= 0.6 is 0 Å². The lowest BCUT2D eigenvalue weighted by Gasteiger charge is -2.16. The zero-order chi connectivity index (χ0) is 26.4. The van der Waals surface area contributed by atoms with Gasteiger partial charge < -0.3 is 4.90 Å². The Labute approximate surface area is 220 Å². The fourth-order valence-corrected chi connectivity index (χ4v) is 4.93. The van der Waals surface area contributed by atoms with Crippen molar-refractivity contribution in [2.45, 2.75) is 25.8 Å². The molecule has 1 amide bonds. The molecule has 4 heterocycles. The van der Waals surface area contributed by atoms with E-state index in [2.05, 4.69) is 39.4 Å². The lowest BCUT2D eigenvalue weighted by molar-refractivity contribution is -0.129. The van der Waals surface area contributed by atoms with Crippen molar-refractivity contribution in [2.24, 2.45) is 14.1 Å². The summed E-state index contributed by atoms with van der Waals surface area (Å²) in [6.45, 7) is 0.208. The lowest BCUT2D eigenvalue weighted by Crippen LogP contribution is -2.26. The van der Waals surface area contributed by atoms with Crippen molar-refractivity contribution in [1.29, 1.82) is 0 Å². The third-order valence-corrected chi connectivity index (χ3v) is 6.93. The van der Waals surface area contributed by atoms with Gasteiger partial charge in [0.25, 0.3) is 0 Å². The van der Waals surface area contributed by atoms with Crippen LogP contribution in [0.4, 0.5) is 0 Å². The molecule has 1 aliphatic rings. The maximum absolute atomic E-state index is 12.0. The Hall–Kier alpha value is -4.60. The highest BCUT2D eigenvalue weighted by molar-refractivity contribution is 5.84. The summed E-state index contributed by atoms with van der Waals surface area (Å²) < 4.78 is 5.43. The molecule has 192 valence electrons. The first kappa shape index (κ1) is 23.8. The van der Waals surface area contributed by atoms with Crippen LogP contribution in [0.3, 0.4) is 0 Å². The summed E-state index contributed by atoms with van der Waals surface area (Å²) >= 11 is 0. The maximum atomic E-state index is 12.0. The minimum atomic E-state index is -0.00483. The minimum Gasteiger partial charge on any atom is -0.347 e. The monoisotopic (exact) mass is 507 g/mol. The van der Waals surface area contributed by atoms with Crippen LogP contribution in [-0.2, 0) is 44.7 Å². The molecule has 4 aromatic heterocycles. The first-order valence-corrected chi connectivity index (χ1v) is 12.6. The van der Waals surface area contributed by atoms with Gasteiger partial charge in [0.15, 0.2) is 0 Å². The lowest BCUT2D eigenvalue weighted by atomic mass is 9.91. The summed E-state index contributed by atoms with van der Waals surface area (Å²) in [5.74, 6) is 0.692. The quantitative estimate of drug-likeness (QED) is 0.350. The standard InChI is InChI=1S/C28H29N9O/c1-34(2)25(38)17-37-12-11-22(32-37)13-24-29-14-20-9-10-23-26(27(20)31-24)28(36(4)33-23)19-7-5-18(6-8-19)21-15-30-35(3)16-21/h5-8,11-12,14-16H,9-10,13,17H2,1-4H3. The van der Waals surface area contributed by atoms with E-state index in [1.54, 1.807) is 23.7 Å². The molecule has 6 rings (SSSR count). The summed E-state index contributed by atoms with van der Waals surface area (Å²) in [7, 11) is 7.39. The number of aryl methyl sites for hydroxylation is 4. The highest BCUT2D eigenvalue weighted by atomic mass is 16.2. The Morgan fingerprint density at radius 3 is 2.50 bits per heavy atom. The number of hydrogen-bond acceptors (Lipinski definition) is 6. The highest BCUT2D eigenvalue weighted by Gasteiger charge is 2.27. The van der Waals surface area contributed by atoms with E-state index in [0.29, 0.717) is 12.2 Å². The maximum Gasteiger partial charge on any atom is 0.243 e. The van der Waals surface area contributed by atoms with E-state index in [1.165, 1.54) is 0 Å². The number of amides is 1. The molecule has 0 saturated heterocycles. The zero-order valence-electron chi connectivity index (χ0n) is 22.0. The first-order chi connectivity index (χ1) is 18.4. The number of fused-ring (bicyclic) bond motifs is 3. The van der Waals surface area contributed by atoms with Crippen LogP contribution in [0.25, 0.3) is 33.6 Å². The third-order valence-electron chi connectivity index (χ3n) is 6.93. The SMILES string of the molecule is CN(C)C(=O)Cn1ccc(Cc2ncc3c(n2)-c2c(nn(C)c2-c2ccc(-c4cnn(C)c4)cc2)CC3)n1. The molecule has 1 aromatic carbocycles. The summed E-state index contributed by atoms with van der Waals surface area (Å²) in [6.07, 6.45) is 9.85. The molecular weight excluding hydrogens is 478 g/mol. The largest absolute Gasteiger partial charge is 0.347 e. The van der Waals surface area contributed by atoms with Crippen molar-refractivity contribution in [2.75, 3.05) is 14.1 Å². The van der Waals surface area contributed by atoms with Crippen LogP contribution in [0.5, 0.6) is 0 Å². The van der Waals surface area contributed by atoms with Crippen molar-refractivity contribution in [3.05, 3.63) is 77.9 Å². The molecule has 0 fully saturated rings. The molecule has 0 unspecified atom stereocenters. The molecular formula is C28H29N9O. The second-order valence-electron chi connectivity index (χ2n) is 9.90. The zero-order valence-corrected chi connectivity index (χ0v) is 22.0. The van der Waals surface area contributed by atoms with Crippen LogP contribution in [0.1, 0.15) is 22.8 Å². The van der Waals surface area contributed by atoms with Gasteiger partial charge in [-0.3, -0.25) is 18.8 Å². The molecule has 1 aliphatic carbocycles. The highest BCUT2D eigenvalue weighted by Crippen LogP contribution is 2.39. The van der Waals surface area contributed by atoms with Gasteiger partial charge in [-0.25, -0.2) is 9.97 Å². The molecule has 0 aliphatic heterocycles. The fraction of sp³-hybridized carbons (Fsp3) is 0.286. The van der Waals surface area contributed by atoms with Gasteiger partial charge in [-0.15, -0.1) is 0 Å². The number of likely N-dealkylation sites (N-methyl/N-ethyl adjacent to an activating group) is 1. The van der Waals surface area contributed by atoms with Crippen molar-refractivity contribution >= 4 is 5.91 Å². The number of nitrogens with zero attached hydrogens (tertiary/aromatic N) is 9. The van der Waals surface area contributed by atoms with Crippen molar-refractivity contribution in [3.63, 3.8) is 0 Å². The minimum absolute atomic E-state index is 0.00483. The second-order valence-corrected chi connectivity index (χ2v) is 9.90. The predicted octanol–water partition coefficient (Wildman–Crippen LogP) is 2.92. The summed E-state index contributed by atoms with van der Waals surface area (Å²) in [4.78, 5) is 23.2. The van der Waals surface area contributed by atoms with Crippen molar-refractivity contribution < 1.29 is 4.79 Å². The Kier molecular flexibility index (Phi) is 5.86. The molecule has 5 aromatic rings. The number of aromatic nitrogens is 8. The van der Waals surface area contributed by atoms with Gasteiger partial charge in [0, 0.05) is 63.5 Å².